The van der Waals surface area contributed by atoms with Crippen LogP contribution < -0.4 is 14.8 Å². The van der Waals surface area contributed by atoms with Gasteiger partial charge >= 0.3 is 0 Å². The molecule has 1 fully saturated rings. The zero-order valence-corrected chi connectivity index (χ0v) is 12.8. The molecule has 1 aromatic carbocycles. The molecule has 5 heteroatoms. The molecule has 5 nitrogen and oxygen atoms in total. The maximum absolute atomic E-state index is 12.2. The lowest BCUT2D eigenvalue weighted by molar-refractivity contribution is -0.118. The van der Waals surface area contributed by atoms with Gasteiger partial charge in [-0.25, -0.2) is 0 Å². The van der Waals surface area contributed by atoms with Crippen LogP contribution in [0.15, 0.2) is 23.8 Å². The molecule has 2 aliphatic heterocycles. The SMILES string of the molecule is CCOc1cccc2c1OCC(C(=O)NC[C@@H]1CCCO1)=C2. The van der Waals surface area contributed by atoms with E-state index in [0.29, 0.717) is 24.5 Å². The predicted molar refractivity (Wildman–Crippen MR) is 83.1 cm³/mol. The maximum atomic E-state index is 12.2. The number of ether oxygens (including phenoxy) is 3. The number of rotatable bonds is 5. The van der Waals surface area contributed by atoms with Crippen molar-refractivity contribution in [2.45, 2.75) is 25.9 Å². The summed E-state index contributed by atoms with van der Waals surface area (Å²) in [4.78, 5) is 12.2. The van der Waals surface area contributed by atoms with Crippen molar-refractivity contribution in [1.29, 1.82) is 0 Å². The summed E-state index contributed by atoms with van der Waals surface area (Å²) >= 11 is 0. The highest BCUT2D eigenvalue weighted by Gasteiger charge is 2.22. The molecule has 2 aliphatic rings. The number of carbonyl (C=O) groups is 1. The van der Waals surface area contributed by atoms with Gasteiger partial charge in [-0.2, -0.15) is 0 Å². The van der Waals surface area contributed by atoms with E-state index in [-0.39, 0.29) is 18.6 Å². The summed E-state index contributed by atoms with van der Waals surface area (Å²) in [5.41, 5.74) is 1.50. The van der Waals surface area contributed by atoms with Crippen LogP contribution in [0.5, 0.6) is 11.5 Å². The van der Waals surface area contributed by atoms with Crippen molar-refractivity contribution < 1.29 is 19.0 Å². The van der Waals surface area contributed by atoms with E-state index in [4.69, 9.17) is 14.2 Å². The summed E-state index contributed by atoms with van der Waals surface area (Å²) in [6.07, 6.45) is 4.09. The molecule has 0 aliphatic carbocycles. The molecule has 2 heterocycles. The first-order valence-electron chi connectivity index (χ1n) is 7.77. The molecule has 1 amide bonds. The Labute approximate surface area is 130 Å². The third-order valence-corrected chi connectivity index (χ3v) is 3.82. The van der Waals surface area contributed by atoms with Gasteiger partial charge in [-0.15, -0.1) is 0 Å². The average molecular weight is 303 g/mol. The Balaban J connectivity index is 1.67. The number of nitrogens with one attached hydrogen (secondary N) is 1. The van der Waals surface area contributed by atoms with E-state index in [1.54, 1.807) is 0 Å². The monoisotopic (exact) mass is 303 g/mol. The highest BCUT2D eigenvalue weighted by Crippen LogP contribution is 2.35. The molecule has 1 N–H and O–H groups in total. The quantitative estimate of drug-likeness (QED) is 0.905. The molecule has 0 radical (unpaired) electrons. The van der Waals surface area contributed by atoms with Crippen molar-refractivity contribution in [3.05, 3.63) is 29.3 Å². The Morgan fingerprint density at radius 1 is 1.45 bits per heavy atom. The molecule has 3 rings (SSSR count). The predicted octanol–water partition coefficient (Wildman–Crippen LogP) is 2.16. The average Bonchev–Trinajstić information content (AvgIpc) is 3.06. The second-order valence-electron chi connectivity index (χ2n) is 5.41. The Bertz CT molecular complexity index is 576. The van der Waals surface area contributed by atoms with Crippen molar-refractivity contribution in [1.82, 2.24) is 5.32 Å². The van der Waals surface area contributed by atoms with Crippen molar-refractivity contribution in [3.63, 3.8) is 0 Å². The van der Waals surface area contributed by atoms with Crippen molar-refractivity contribution in [2.24, 2.45) is 0 Å². The number of amides is 1. The zero-order chi connectivity index (χ0) is 15.4. The Morgan fingerprint density at radius 2 is 2.36 bits per heavy atom. The Hall–Kier alpha value is -2.01. The Kier molecular flexibility index (Phi) is 4.63. The fourth-order valence-corrected chi connectivity index (χ4v) is 2.71. The second kappa shape index (κ2) is 6.83. The molecule has 1 aromatic rings. The first kappa shape index (κ1) is 14.9. The fraction of sp³-hybridized carbons (Fsp3) is 0.471. The summed E-state index contributed by atoms with van der Waals surface area (Å²) in [6.45, 7) is 4.12. The fourth-order valence-electron chi connectivity index (χ4n) is 2.71. The van der Waals surface area contributed by atoms with Gasteiger partial charge in [-0.1, -0.05) is 12.1 Å². The van der Waals surface area contributed by atoms with Crippen LogP contribution in [-0.2, 0) is 9.53 Å². The highest BCUT2D eigenvalue weighted by atomic mass is 16.5. The molecule has 0 unspecified atom stereocenters. The number of benzene rings is 1. The molecule has 0 bridgehead atoms. The lowest BCUT2D eigenvalue weighted by Crippen LogP contribution is -2.34. The van der Waals surface area contributed by atoms with Crippen molar-refractivity contribution >= 4 is 12.0 Å². The number of hydrogen-bond acceptors (Lipinski definition) is 4. The molecule has 1 atom stereocenters. The van der Waals surface area contributed by atoms with Crippen LogP contribution in [0.4, 0.5) is 0 Å². The van der Waals surface area contributed by atoms with Gasteiger partial charge in [0, 0.05) is 18.7 Å². The number of fused-ring (bicyclic) bond motifs is 1. The van der Waals surface area contributed by atoms with Crippen LogP contribution in [0.3, 0.4) is 0 Å². The van der Waals surface area contributed by atoms with Crippen LogP contribution in [0.25, 0.3) is 6.08 Å². The van der Waals surface area contributed by atoms with Gasteiger partial charge in [-0.05, 0) is 31.9 Å². The lowest BCUT2D eigenvalue weighted by atomic mass is 10.1. The van der Waals surface area contributed by atoms with Gasteiger partial charge in [0.1, 0.15) is 6.61 Å². The maximum Gasteiger partial charge on any atom is 0.250 e. The van der Waals surface area contributed by atoms with E-state index in [1.807, 2.05) is 31.2 Å². The van der Waals surface area contributed by atoms with Crippen LogP contribution in [-0.4, -0.2) is 38.4 Å². The standard InChI is InChI=1S/C17H21NO4/c1-2-20-15-7-3-5-12-9-13(11-22-16(12)15)17(19)18-10-14-6-4-8-21-14/h3,5,7,9,14H,2,4,6,8,10-11H2,1H3,(H,18,19)/t14-/m0/s1. The smallest absolute Gasteiger partial charge is 0.250 e. The topological polar surface area (TPSA) is 56.8 Å². The highest BCUT2D eigenvalue weighted by molar-refractivity contribution is 5.99. The van der Waals surface area contributed by atoms with Gasteiger partial charge in [0.15, 0.2) is 11.5 Å². The number of carbonyl (C=O) groups excluding carboxylic acids is 1. The molecule has 0 saturated carbocycles. The number of para-hydroxylation sites is 1. The van der Waals surface area contributed by atoms with Gasteiger partial charge in [-0.3, -0.25) is 4.79 Å². The molecular formula is C17H21NO4. The number of hydrogen-bond donors (Lipinski definition) is 1. The van der Waals surface area contributed by atoms with Gasteiger partial charge in [0.05, 0.1) is 18.3 Å². The minimum absolute atomic E-state index is 0.0945. The van der Waals surface area contributed by atoms with Gasteiger partial charge in [0.25, 0.3) is 5.91 Å². The summed E-state index contributed by atoms with van der Waals surface area (Å²) in [5.74, 6) is 1.33. The lowest BCUT2D eigenvalue weighted by Gasteiger charge is -2.20. The van der Waals surface area contributed by atoms with Gasteiger partial charge in [0.2, 0.25) is 0 Å². The molecule has 1 saturated heterocycles. The summed E-state index contributed by atoms with van der Waals surface area (Å²) in [6, 6.07) is 5.69. The first-order chi connectivity index (χ1) is 10.8. The van der Waals surface area contributed by atoms with Gasteiger partial charge < -0.3 is 19.5 Å². The van der Waals surface area contributed by atoms with E-state index < -0.39 is 0 Å². The van der Waals surface area contributed by atoms with Crippen LogP contribution >= 0.6 is 0 Å². The van der Waals surface area contributed by atoms with E-state index in [2.05, 4.69) is 5.32 Å². The normalized spacial score (nSPS) is 19.9. The van der Waals surface area contributed by atoms with E-state index in [9.17, 15) is 4.79 Å². The van der Waals surface area contributed by atoms with E-state index in [0.717, 1.165) is 30.8 Å². The van der Waals surface area contributed by atoms with Crippen molar-refractivity contribution in [3.8, 4) is 11.5 Å². The van der Waals surface area contributed by atoms with Crippen molar-refractivity contribution in [2.75, 3.05) is 26.4 Å². The minimum Gasteiger partial charge on any atom is -0.490 e. The molecule has 22 heavy (non-hydrogen) atoms. The third kappa shape index (κ3) is 3.25. The summed E-state index contributed by atoms with van der Waals surface area (Å²) in [7, 11) is 0. The first-order valence-corrected chi connectivity index (χ1v) is 7.77. The Morgan fingerprint density at radius 3 is 3.14 bits per heavy atom. The van der Waals surface area contributed by atoms with Crippen LogP contribution in [0.2, 0.25) is 0 Å². The van der Waals surface area contributed by atoms with Crippen LogP contribution in [0.1, 0.15) is 25.3 Å². The minimum atomic E-state index is -0.0945. The third-order valence-electron chi connectivity index (χ3n) is 3.82. The second-order valence-corrected chi connectivity index (χ2v) is 5.41. The largest absolute Gasteiger partial charge is 0.490 e. The summed E-state index contributed by atoms with van der Waals surface area (Å²) < 4.78 is 16.8. The zero-order valence-electron chi connectivity index (χ0n) is 12.8. The molecule has 0 aromatic heterocycles. The van der Waals surface area contributed by atoms with Crippen LogP contribution in [0, 0.1) is 0 Å². The van der Waals surface area contributed by atoms with E-state index in [1.165, 1.54) is 0 Å². The molecular weight excluding hydrogens is 282 g/mol. The molecule has 118 valence electrons. The molecule has 0 spiro atoms. The van der Waals surface area contributed by atoms with E-state index >= 15 is 0 Å². The summed E-state index contributed by atoms with van der Waals surface area (Å²) in [5, 5.41) is 2.92.